The normalized spacial score (nSPS) is 11.5. The van der Waals surface area contributed by atoms with E-state index in [1.165, 1.54) is 11.1 Å². The summed E-state index contributed by atoms with van der Waals surface area (Å²) in [5.74, 6) is 0. The van der Waals surface area contributed by atoms with Gasteiger partial charge in [0.05, 0.1) is 16.6 Å². The summed E-state index contributed by atoms with van der Waals surface area (Å²) in [6.07, 6.45) is 1.87. The predicted molar refractivity (Wildman–Crippen MR) is 237 cm³/mol. The van der Waals surface area contributed by atoms with Crippen LogP contribution in [0.4, 0.5) is 17.1 Å². The van der Waals surface area contributed by atoms with E-state index in [0.29, 0.717) is 0 Å². The summed E-state index contributed by atoms with van der Waals surface area (Å²) in [4.78, 5) is 7.12. The lowest BCUT2D eigenvalue weighted by Crippen LogP contribution is -2.10. The lowest BCUT2D eigenvalue weighted by Gasteiger charge is -2.27. The van der Waals surface area contributed by atoms with E-state index in [4.69, 9.17) is 9.40 Å². The predicted octanol–water partition coefficient (Wildman–Crippen LogP) is 14.5. The highest BCUT2D eigenvalue weighted by Crippen LogP contribution is 2.44. The van der Waals surface area contributed by atoms with Gasteiger partial charge in [-0.3, -0.25) is 4.98 Å². The number of pyridine rings is 1. The first-order valence-electron chi connectivity index (χ1n) is 19.3. The van der Waals surface area contributed by atoms with Gasteiger partial charge in [-0.05, 0) is 101 Å². The number of furan rings is 1. The molecular weight excluding hydrogens is 695 g/mol. The second-order valence-corrected chi connectivity index (χ2v) is 14.4. The number of nitrogens with zero attached hydrogens (tertiary/aromatic N) is 3. The number of para-hydroxylation sites is 3. The zero-order valence-electron chi connectivity index (χ0n) is 31.0. The van der Waals surface area contributed by atoms with Crippen molar-refractivity contribution in [2.24, 2.45) is 0 Å². The Kier molecular flexibility index (Phi) is 7.78. The lowest BCUT2D eigenvalue weighted by molar-refractivity contribution is 0.670. The smallest absolute Gasteiger partial charge is 0.143 e. The topological polar surface area (TPSA) is 34.2 Å². The van der Waals surface area contributed by atoms with Crippen molar-refractivity contribution in [1.29, 1.82) is 0 Å². The minimum Gasteiger partial charge on any atom is -0.455 e. The molecule has 0 radical (unpaired) electrons. The Labute approximate surface area is 330 Å². The number of hydrogen-bond acceptors (Lipinski definition) is 3. The number of rotatable bonds is 7. The Hall–Kier alpha value is -7.69. The van der Waals surface area contributed by atoms with Gasteiger partial charge in [0.25, 0.3) is 0 Å². The number of hydrogen-bond donors (Lipinski definition) is 0. The van der Waals surface area contributed by atoms with Gasteiger partial charge >= 0.3 is 0 Å². The van der Waals surface area contributed by atoms with Crippen LogP contribution in [0.15, 0.2) is 217 Å². The van der Waals surface area contributed by atoms with Gasteiger partial charge in [0.15, 0.2) is 0 Å². The summed E-state index contributed by atoms with van der Waals surface area (Å²) in [5.41, 5.74) is 16.0. The van der Waals surface area contributed by atoms with Crippen molar-refractivity contribution in [3.05, 3.63) is 212 Å². The third-order valence-electron chi connectivity index (χ3n) is 11.1. The molecule has 4 heteroatoms. The van der Waals surface area contributed by atoms with Crippen molar-refractivity contribution < 1.29 is 4.42 Å². The lowest BCUT2D eigenvalue weighted by atomic mass is 9.92. The van der Waals surface area contributed by atoms with E-state index < -0.39 is 0 Å². The number of fused-ring (bicyclic) bond motifs is 6. The first kappa shape index (κ1) is 32.7. The third-order valence-corrected chi connectivity index (χ3v) is 11.1. The maximum absolute atomic E-state index is 6.64. The van der Waals surface area contributed by atoms with Crippen LogP contribution in [0.2, 0.25) is 0 Å². The molecule has 0 aliphatic rings. The van der Waals surface area contributed by atoms with Gasteiger partial charge < -0.3 is 13.9 Å². The van der Waals surface area contributed by atoms with Crippen LogP contribution in [0.25, 0.3) is 82.9 Å². The largest absolute Gasteiger partial charge is 0.455 e. The molecule has 8 aromatic carbocycles. The summed E-state index contributed by atoms with van der Waals surface area (Å²) in [6.45, 7) is 0. The molecule has 57 heavy (non-hydrogen) atoms. The zero-order valence-corrected chi connectivity index (χ0v) is 31.0. The van der Waals surface area contributed by atoms with Gasteiger partial charge in [0.1, 0.15) is 11.2 Å². The maximum Gasteiger partial charge on any atom is 0.143 e. The first-order valence-corrected chi connectivity index (χ1v) is 19.3. The van der Waals surface area contributed by atoms with Crippen molar-refractivity contribution in [3.63, 3.8) is 0 Å². The van der Waals surface area contributed by atoms with Gasteiger partial charge in [-0.2, -0.15) is 0 Å². The molecule has 0 aliphatic heterocycles. The summed E-state index contributed by atoms with van der Waals surface area (Å²) in [6, 6.07) is 73.2. The Morgan fingerprint density at radius 3 is 1.81 bits per heavy atom. The maximum atomic E-state index is 6.64. The van der Waals surface area contributed by atoms with Crippen LogP contribution < -0.4 is 4.90 Å². The fraction of sp³-hybridized carbons (Fsp3) is 0. The molecule has 268 valence electrons. The minimum atomic E-state index is 0.886. The molecule has 11 aromatic rings. The van der Waals surface area contributed by atoms with Crippen molar-refractivity contribution in [1.82, 2.24) is 9.55 Å². The van der Waals surface area contributed by atoms with Gasteiger partial charge in [-0.1, -0.05) is 133 Å². The average molecular weight is 730 g/mol. The second-order valence-electron chi connectivity index (χ2n) is 14.4. The van der Waals surface area contributed by atoms with Crippen molar-refractivity contribution >= 4 is 60.9 Å². The minimum absolute atomic E-state index is 0.886. The Morgan fingerprint density at radius 1 is 0.404 bits per heavy atom. The highest BCUT2D eigenvalue weighted by Gasteiger charge is 2.20. The quantitative estimate of drug-likeness (QED) is 0.164. The SMILES string of the molecule is c1ccc(-c2ccc(N(c3ccc(-n4c5ccccc5c5ncccc54)cc3)c3ccc(-c4ccccc4)c(-c4cccc5c4oc4ccccc45)c3)cc2)cc1. The van der Waals surface area contributed by atoms with Crippen molar-refractivity contribution in [2.75, 3.05) is 4.90 Å². The number of anilines is 3. The molecular formula is C53H35N3O. The van der Waals surface area contributed by atoms with E-state index in [-0.39, 0.29) is 0 Å². The number of benzene rings is 8. The fourth-order valence-electron chi connectivity index (χ4n) is 8.42. The van der Waals surface area contributed by atoms with Crippen LogP contribution in [0.5, 0.6) is 0 Å². The molecule has 0 aliphatic carbocycles. The molecule has 0 bridgehead atoms. The Balaban J connectivity index is 1.10. The number of aromatic nitrogens is 2. The van der Waals surface area contributed by atoms with Gasteiger partial charge in [0.2, 0.25) is 0 Å². The monoisotopic (exact) mass is 729 g/mol. The molecule has 0 fully saturated rings. The van der Waals surface area contributed by atoms with Gasteiger partial charge in [-0.25, -0.2) is 0 Å². The van der Waals surface area contributed by atoms with E-state index in [0.717, 1.165) is 88.9 Å². The van der Waals surface area contributed by atoms with Crippen LogP contribution in [0.1, 0.15) is 0 Å². The Morgan fingerprint density at radius 2 is 1.02 bits per heavy atom. The standard InChI is InChI=1S/C53H35N3O/c1-3-13-36(14-4-1)37-24-26-39(27-25-37)55(40-28-30-41(31-29-40)56-49-21-9-7-18-47(49)52-50(56)22-12-34-54-52)42-32-33-43(38-15-5-2-6-16-38)48(35-42)46-20-11-19-45-44-17-8-10-23-51(44)57-53(45)46/h1-35H. The molecule has 0 atom stereocenters. The van der Waals surface area contributed by atoms with E-state index in [1.54, 1.807) is 0 Å². The van der Waals surface area contributed by atoms with E-state index >= 15 is 0 Å². The molecule has 0 saturated heterocycles. The molecule has 3 heterocycles. The van der Waals surface area contributed by atoms with Crippen LogP contribution in [-0.4, -0.2) is 9.55 Å². The summed E-state index contributed by atoms with van der Waals surface area (Å²) >= 11 is 0. The molecule has 0 N–H and O–H groups in total. The van der Waals surface area contributed by atoms with Crippen LogP contribution >= 0.6 is 0 Å². The van der Waals surface area contributed by atoms with Crippen LogP contribution in [0.3, 0.4) is 0 Å². The first-order chi connectivity index (χ1) is 28.3. The van der Waals surface area contributed by atoms with Gasteiger partial charge in [-0.15, -0.1) is 0 Å². The second kappa shape index (κ2) is 13.6. The highest BCUT2D eigenvalue weighted by atomic mass is 16.3. The Bertz CT molecular complexity index is 3160. The van der Waals surface area contributed by atoms with Crippen molar-refractivity contribution in [2.45, 2.75) is 0 Å². The molecule has 0 saturated carbocycles. The fourth-order valence-corrected chi connectivity index (χ4v) is 8.42. The van der Waals surface area contributed by atoms with Crippen LogP contribution in [0, 0.1) is 0 Å². The molecule has 3 aromatic heterocycles. The average Bonchev–Trinajstić information content (AvgIpc) is 3.84. The molecule has 0 unspecified atom stereocenters. The van der Waals surface area contributed by atoms with E-state index in [1.807, 2.05) is 24.4 Å². The molecule has 0 spiro atoms. The summed E-state index contributed by atoms with van der Waals surface area (Å²) < 4.78 is 8.95. The molecule has 4 nitrogen and oxygen atoms in total. The summed E-state index contributed by atoms with van der Waals surface area (Å²) in [7, 11) is 0. The molecule has 11 rings (SSSR count). The van der Waals surface area contributed by atoms with Gasteiger partial charge in [0, 0.05) is 50.7 Å². The van der Waals surface area contributed by atoms with Crippen LogP contribution in [-0.2, 0) is 0 Å². The zero-order chi connectivity index (χ0) is 37.7. The summed E-state index contributed by atoms with van der Waals surface area (Å²) in [5, 5.41) is 3.37. The highest BCUT2D eigenvalue weighted by molar-refractivity contribution is 6.11. The van der Waals surface area contributed by atoms with E-state index in [2.05, 4.69) is 198 Å². The van der Waals surface area contributed by atoms with E-state index in [9.17, 15) is 0 Å². The molecule has 0 amide bonds. The van der Waals surface area contributed by atoms with Crippen molar-refractivity contribution in [3.8, 4) is 39.1 Å². The third kappa shape index (κ3) is 5.58.